The number of nitrogens with zero attached hydrogens (tertiary/aromatic N) is 2. The molecule has 1 aliphatic rings. The Morgan fingerprint density at radius 2 is 2.11 bits per heavy atom. The molecular formula is C10H13F3N4O2. The van der Waals surface area contributed by atoms with E-state index in [-0.39, 0.29) is 23.8 Å². The standard InChI is InChI=1S/C10H13F3N4O2/c1-5-15-8(17-19-5)9(18)16-7-2-6(3-7)14-4-10(11,12)13/h6-7,14H,2-4H2,1H3,(H,16,18). The third-order valence-corrected chi connectivity index (χ3v) is 2.80. The highest BCUT2D eigenvalue weighted by Gasteiger charge is 2.34. The quantitative estimate of drug-likeness (QED) is 0.851. The predicted molar refractivity (Wildman–Crippen MR) is 57.4 cm³/mol. The third kappa shape index (κ3) is 3.91. The summed E-state index contributed by atoms with van der Waals surface area (Å²) in [6.07, 6.45) is -3.30. The highest BCUT2D eigenvalue weighted by atomic mass is 19.4. The van der Waals surface area contributed by atoms with Crippen LogP contribution >= 0.6 is 0 Å². The van der Waals surface area contributed by atoms with Gasteiger partial charge >= 0.3 is 6.18 Å². The van der Waals surface area contributed by atoms with Gasteiger partial charge in [-0.25, -0.2) is 0 Å². The number of aryl methyl sites for hydroxylation is 1. The van der Waals surface area contributed by atoms with Crippen LogP contribution in [-0.2, 0) is 0 Å². The minimum absolute atomic E-state index is 0.0656. The Morgan fingerprint density at radius 1 is 1.42 bits per heavy atom. The second-order valence-electron chi connectivity index (χ2n) is 4.47. The zero-order valence-corrected chi connectivity index (χ0v) is 10.1. The summed E-state index contributed by atoms with van der Waals surface area (Å²) in [4.78, 5) is 15.3. The molecule has 1 amide bonds. The summed E-state index contributed by atoms with van der Waals surface area (Å²) in [6.45, 7) is 0.548. The van der Waals surface area contributed by atoms with Gasteiger partial charge in [-0.15, -0.1) is 0 Å². The van der Waals surface area contributed by atoms with Gasteiger partial charge in [-0.3, -0.25) is 4.79 Å². The Balaban J connectivity index is 1.69. The van der Waals surface area contributed by atoms with Crippen molar-refractivity contribution < 1.29 is 22.5 Å². The van der Waals surface area contributed by atoms with Crippen molar-refractivity contribution in [1.29, 1.82) is 0 Å². The Labute approximate surface area is 106 Å². The zero-order valence-electron chi connectivity index (χ0n) is 10.1. The van der Waals surface area contributed by atoms with E-state index in [1.807, 2.05) is 0 Å². The molecule has 0 radical (unpaired) electrons. The van der Waals surface area contributed by atoms with Gasteiger partial charge in [0.25, 0.3) is 11.7 Å². The molecule has 1 saturated carbocycles. The highest BCUT2D eigenvalue weighted by Crippen LogP contribution is 2.22. The maximum absolute atomic E-state index is 11.9. The molecule has 0 atom stereocenters. The molecule has 0 unspecified atom stereocenters. The van der Waals surface area contributed by atoms with Gasteiger partial charge in [-0.05, 0) is 12.8 Å². The number of alkyl halides is 3. The van der Waals surface area contributed by atoms with Gasteiger partial charge in [-0.2, -0.15) is 18.2 Å². The zero-order chi connectivity index (χ0) is 14.0. The first-order chi connectivity index (χ1) is 8.83. The molecule has 0 aliphatic heterocycles. The fraction of sp³-hybridized carbons (Fsp3) is 0.700. The lowest BCUT2D eigenvalue weighted by Gasteiger charge is -2.36. The average Bonchev–Trinajstić information content (AvgIpc) is 2.66. The Hall–Kier alpha value is -1.64. The first-order valence-electron chi connectivity index (χ1n) is 5.75. The number of carbonyl (C=O) groups is 1. The van der Waals surface area contributed by atoms with Gasteiger partial charge in [0.2, 0.25) is 5.89 Å². The number of halogens is 3. The number of aromatic nitrogens is 2. The highest BCUT2D eigenvalue weighted by molar-refractivity contribution is 5.90. The van der Waals surface area contributed by atoms with Crippen LogP contribution in [0.5, 0.6) is 0 Å². The molecule has 0 aromatic carbocycles. The summed E-state index contributed by atoms with van der Waals surface area (Å²) in [5.74, 6) is -0.260. The van der Waals surface area contributed by atoms with Gasteiger partial charge in [0, 0.05) is 19.0 Å². The van der Waals surface area contributed by atoms with Crippen LogP contribution in [0.1, 0.15) is 29.4 Å². The largest absolute Gasteiger partial charge is 0.401 e. The van der Waals surface area contributed by atoms with Gasteiger partial charge in [0.15, 0.2) is 0 Å². The third-order valence-electron chi connectivity index (χ3n) is 2.80. The summed E-state index contributed by atoms with van der Waals surface area (Å²) in [5.41, 5.74) is 0. The van der Waals surface area contributed by atoms with Crippen LogP contribution in [0.4, 0.5) is 13.2 Å². The van der Waals surface area contributed by atoms with Crippen molar-refractivity contribution in [3.63, 3.8) is 0 Å². The molecule has 1 fully saturated rings. The summed E-state index contributed by atoms with van der Waals surface area (Å²) >= 11 is 0. The van der Waals surface area contributed by atoms with E-state index in [1.54, 1.807) is 6.92 Å². The predicted octanol–water partition coefficient (Wildman–Crippen LogP) is 0.791. The van der Waals surface area contributed by atoms with Crippen molar-refractivity contribution in [1.82, 2.24) is 20.8 Å². The van der Waals surface area contributed by atoms with Crippen LogP contribution in [-0.4, -0.2) is 40.9 Å². The first kappa shape index (κ1) is 13.8. The maximum atomic E-state index is 11.9. The van der Waals surface area contributed by atoms with Crippen molar-refractivity contribution in [2.45, 2.75) is 38.0 Å². The fourth-order valence-corrected chi connectivity index (χ4v) is 1.80. The molecule has 9 heteroatoms. The van der Waals surface area contributed by atoms with Crippen LogP contribution in [0, 0.1) is 6.92 Å². The van der Waals surface area contributed by atoms with E-state index in [0.29, 0.717) is 12.8 Å². The van der Waals surface area contributed by atoms with E-state index in [1.165, 1.54) is 0 Å². The van der Waals surface area contributed by atoms with Crippen LogP contribution in [0.2, 0.25) is 0 Å². The number of hydrogen-bond donors (Lipinski definition) is 2. The topological polar surface area (TPSA) is 80.0 Å². The monoisotopic (exact) mass is 278 g/mol. The minimum Gasteiger partial charge on any atom is -0.346 e. The minimum atomic E-state index is -4.21. The lowest BCUT2D eigenvalue weighted by atomic mass is 9.86. The number of rotatable bonds is 4. The van der Waals surface area contributed by atoms with Crippen molar-refractivity contribution in [2.75, 3.05) is 6.54 Å². The molecule has 1 aromatic rings. The Morgan fingerprint density at radius 3 is 2.63 bits per heavy atom. The number of carbonyl (C=O) groups excluding carboxylic acids is 1. The second kappa shape index (κ2) is 5.16. The van der Waals surface area contributed by atoms with Crippen molar-refractivity contribution >= 4 is 5.91 Å². The molecule has 1 aromatic heterocycles. The fourth-order valence-electron chi connectivity index (χ4n) is 1.80. The average molecular weight is 278 g/mol. The van der Waals surface area contributed by atoms with E-state index in [0.717, 1.165) is 0 Å². The van der Waals surface area contributed by atoms with Crippen molar-refractivity contribution in [3.05, 3.63) is 11.7 Å². The smallest absolute Gasteiger partial charge is 0.346 e. The first-order valence-corrected chi connectivity index (χ1v) is 5.75. The number of nitrogens with one attached hydrogen (secondary N) is 2. The molecule has 0 spiro atoms. The number of hydrogen-bond acceptors (Lipinski definition) is 5. The van der Waals surface area contributed by atoms with Gasteiger partial charge in [0.1, 0.15) is 0 Å². The van der Waals surface area contributed by atoms with Crippen LogP contribution < -0.4 is 10.6 Å². The molecule has 2 N–H and O–H groups in total. The second-order valence-corrected chi connectivity index (χ2v) is 4.47. The van der Waals surface area contributed by atoms with Gasteiger partial charge < -0.3 is 15.2 Å². The molecule has 0 saturated heterocycles. The van der Waals surface area contributed by atoms with E-state index in [2.05, 4.69) is 25.3 Å². The van der Waals surface area contributed by atoms with Gasteiger partial charge in [0.05, 0.1) is 6.54 Å². The SMILES string of the molecule is Cc1nc(C(=O)NC2CC(NCC(F)(F)F)C2)no1. The summed E-state index contributed by atoms with van der Waals surface area (Å²) in [5, 5.41) is 8.46. The molecule has 2 rings (SSSR count). The van der Waals surface area contributed by atoms with E-state index < -0.39 is 18.6 Å². The molecule has 0 bridgehead atoms. The lowest BCUT2D eigenvalue weighted by Crippen LogP contribution is -2.54. The summed E-state index contributed by atoms with van der Waals surface area (Å²) in [7, 11) is 0. The van der Waals surface area contributed by atoms with E-state index in [9.17, 15) is 18.0 Å². The summed E-state index contributed by atoms with van der Waals surface area (Å²) < 4.78 is 40.5. The van der Waals surface area contributed by atoms with Crippen LogP contribution in [0.25, 0.3) is 0 Å². The van der Waals surface area contributed by atoms with Crippen molar-refractivity contribution in [2.24, 2.45) is 0 Å². The van der Waals surface area contributed by atoms with E-state index >= 15 is 0 Å². The van der Waals surface area contributed by atoms with E-state index in [4.69, 9.17) is 0 Å². The molecule has 6 nitrogen and oxygen atoms in total. The Kier molecular flexibility index (Phi) is 3.74. The normalized spacial score (nSPS) is 22.9. The Bertz CT molecular complexity index is 454. The molecule has 19 heavy (non-hydrogen) atoms. The summed E-state index contributed by atoms with van der Waals surface area (Å²) in [6, 6.07) is -0.379. The molecule has 106 valence electrons. The molecular weight excluding hydrogens is 265 g/mol. The van der Waals surface area contributed by atoms with Crippen LogP contribution in [0.3, 0.4) is 0 Å². The lowest BCUT2D eigenvalue weighted by molar-refractivity contribution is -0.127. The van der Waals surface area contributed by atoms with Crippen molar-refractivity contribution in [3.8, 4) is 0 Å². The number of amides is 1. The van der Waals surface area contributed by atoms with Crippen LogP contribution in [0.15, 0.2) is 4.52 Å². The molecule has 1 heterocycles. The van der Waals surface area contributed by atoms with Gasteiger partial charge in [-0.1, -0.05) is 5.16 Å². The molecule has 1 aliphatic carbocycles. The maximum Gasteiger partial charge on any atom is 0.401 e.